The number of aryl methyl sites for hydroxylation is 1. The molecule has 0 saturated carbocycles. The predicted molar refractivity (Wildman–Crippen MR) is 173 cm³/mol. The summed E-state index contributed by atoms with van der Waals surface area (Å²) in [5, 5.41) is 5.00. The molecule has 4 atom stereocenters. The Bertz CT molecular complexity index is 1760. The van der Waals surface area contributed by atoms with Crippen molar-refractivity contribution < 1.29 is 14.4 Å². The molecule has 1 fully saturated rings. The van der Waals surface area contributed by atoms with Gasteiger partial charge in [-0.1, -0.05) is 92.6 Å². The van der Waals surface area contributed by atoms with Gasteiger partial charge in [0.25, 0.3) is 0 Å². The van der Waals surface area contributed by atoms with Gasteiger partial charge in [0.2, 0.25) is 5.91 Å². The van der Waals surface area contributed by atoms with Gasteiger partial charge in [0.05, 0.1) is 16.8 Å². The topological polar surface area (TPSA) is 66.5 Å². The Balaban J connectivity index is 1.45. The third-order valence-corrected chi connectivity index (χ3v) is 10.4. The zero-order valence-corrected chi connectivity index (χ0v) is 25.2. The Kier molecular flexibility index (Phi) is 6.89. The second-order valence-corrected chi connectivity index (χ2v) is 12.8. The van der Waals surface area contributed by atoms with Gasteiger partial charge in [-0.2, -0.15) is 0 Å². The fourth-order valence-corrected chi connectivity index (χ4v) is 8.24. The van der Waals surface area contributed by atoms with Crippen LogP contribution in [0.4, 0.5) is 11.4 Å². The number of thiophene rings is 1. The third-order valence-electron chi connectivity index (χ3n) is 9.51. The number of hydrogen-bond donors (Lipinski definition) is 1. The van der Waals surface area contributed by atoms with Gasteiger partial charge >= 0.3 is 0 Å². The van der Waals surface area contributed by atoms with E-state index >= 15 is 0 Å². The quantitative estimate of drug-likeness (QED) is 0.170. The van der Waals surface area contributed by atoms with Crippen LogP contribution in [0.5, 0.6) is 0 Å². The molecular weight excluding hydrogens is 552 g/mol. The number of para-hydroxylation sites is 2. The number of carbonyl (C=O) groups excluding carboxylic acids is 3. The molecule has 3 aliphatic heterocycles. The number of amides is 1. The normalized spacial score (nSPS) is 23.4. The van der Waals surface area contributed by atoms with Crippen molar-refractivity contribution in [1.82, 2.24) is 0 Å². The lowest BCUT2D eigenvalue weighted by Gasteiger charge is -2.39. The minimum atomic E-state index is -1.29. The highest BCUT2D eigenvalue weighted by Crippen LogP contribution is 2.58. The maximum absolute atomic E-state index is 15.0. The van der Waals surface area contributed by atoms with Crippen LogP contribution in [0.25, 0.3) is 5.57 Å². The van der Waals surface area contributed by atoms with E-state index in [4.69, 9.17) is 0 Å². The lowest BCUT2D eigenvalue weighted by Crippen LogP contribution is -2.51. The number of nitrogens with one attached hydrogen (secondary N) is 1. The molecule has 7 rings (SSSR count). The Hall–Kier alpha value is -4.29. The SMILES string of the molecule is CCCCCc1ccc(C(=O)[C@@H]2[C@H](C(=O)c3cccs3)N3c4ccccc4C(C)=C[C@H]3[C@@]23C(=O)Nc2ccccc23)cc1. The van der Waals surface area contributed by atoms with Gasteiger partial charge in [0.1, 0.15) is 11.5 Å². The monoisotopic (exact) mass is 586 g/mol. The summed E-state index contributed by atoms with van der Waals surface area (Å²) in [6.45, 7) is 4.23. The van der Waals surface area contributed by atoms with Crippen molar-refractivity contribution in [3.05, 3.63) is 124 Å². The maximum atomic E-state index is 15.0. The third kappa shape index (κ3) is 4.14. The summed E-state index contributed by atoms with van der Waals surface area (Å²) < 4.78 is 0. The van der Waals surface area contributed by atoms with Gasteiger partial charge in [0, 0.05) is 22.5 Å². The highest BCUT2D eigenvalue weighted by atomic mass is 32.1. The molecule has 6 heteroatoms. The first-order valence-corrected chi connectivity index (χ1v) is 16.0. The zero-order chi connectivity index (χ0) is 29.7. The van der Waals surface area contributed by atoms with Crippen molar-refractivity contribution >= 4 is 45.8 Å². The fraction of sp³-hybridized carbons (Fsp3) is 0.270. The molecule has 5 nitrogen and oxygen atoms in total. The van der Waals surface area contributed by atoms with E-state index in [2.05, 4.69) is 23.2 Å². The van der Waals surface area contributed by atoms with Crippen LogP contribution < -0.4 is 10.2 Å². The van der Waals surface area contributed by atoms with Crippen molar-refractivity contribution in [2.75, 3.05) is 10.2 Å². The van der Waals surface area contributed by atoms with Crippen LogP contribution in [0, 0.1) is 5.92 Å². The number of unbranched alkanes of at least 4 members (excludes halogenated alkanes) is 2. The van der Waals surface area contributed by atoms with Gasteiger partial charge in [0.15, 0.2) is 11.6 Å². The minimum Gasteiger partial charge on any atom is -0.352 e. The molecule has 216 valence electrons. The summed E-state index contributed by atoms with van der Waals surface area (Å²) in [7, 11) is 0. The molecule has 4 aromatic rings. The largest absolute Gasteiger partial charge is 0.352 e. The number of benzene rings is 3. The molecule has 0 unspecified atom stereocenters. The van der Waals surface area contributed by atoms with E-state index in [-0.39, 0.29) is 17.5 Å². The fourth-order valence-electron chi connectivity index (χ4n) is 7.55. The highest BCUT2D eigenvalue weighted by molar-refractivity contribution is 7.12. The van der Waals surface area contributed by atoms with E-state index in [1.807, 2.05) is 97.2 Å². The van der Waals surface area contributed by atoms with Crippen LogP contribution in [0.3, 0.4) is 0 Å². The number of hydrogen-bond acceptors (Lipinski definition) is 5. The zero-order valence-electron chi connectivity index (χ0n) is 24.4. The molecule has 0 aliphatic carbocycles. The summed E-state index contributed by atoms with van der Waals surface area (Å²) >= 11 is 1.37. The van der Waals surface area contributed by atoms with Crippen LogP contribution in [-0.4, -0.2) is 29.6 Å². The number of carbonyl (C=O) groups is 3. The molecule has 3 aromatic carbocycles. The van der Waals surface area contributed by atoms with Crippen LogP contribution in [0.15, 0.2) is 96.4 Å². The Morgan fingerprint density at radius 3 is 2.44 bits per heavy atom. The molecular formula is C37H34N2O3S. The standard InChI is InChI=1S/C37H34N2O3S/c1-3-4-5-11-24-17-19-25(20-18-24)34(40)32-33(35(41)30-16-10-21-43-30)39-29-15-9-6-12-26(29)23(2)22-31(39)37(32)27-13-7-8-14-28(27)38-36(37)42/h6-10,12-22,31-33H,3-5,11H2,1-2H3,(H,38,42)/t31-,32-,33+,37+/m0/s1. The van der Waals surface area contributed by atoms with Crippen LogP contribution in [-0.2, 0) is 16.6 Å². The van der Waals surface area contributed by atoms with Gasteiger partial charge < -0.3 is 10.2 Å². The summed E-state index contributed by atoms with van der Waals surface area (Å²) in [5.41, 5.74) is 4.81. The number of rotatable bonds is 8. The number of nitrogens with zero attached hydrogens (tertiary/aromatic N) is 1. The molecule has 4 heterocycles. The molecule has 1 saturated heterocycles. The highest BCUT2D eigenvalue weighted by Gasteiger charge is 2.70. The van der Waals surface area contributed by atoms with Crippen LogP contribution >= 0.6 is 11.3 Å². The Morgan fingerprint density at radius 2 is 1.67 bits per heavy atom. The number of allylic oxidation sites excluding steroid dienone is 1. The first-order valence-electron chi connectivity index (χ1n) is 15.1. The van der Waals surface area contributed by atoms with Gasteiger partial charge in [-0.15, -0.1) is 11.3 Å². The second-order valence-electron chi connectivity index (χ2n) is 11.9. The molecule has 1 spiro atoms. The number of fused-ring (bicyclic) bond motifs is 6. The first kappa shape index (κ1) is 27.5. The molecule has 3 aliphatic rings. The second kappa shape index (κ2) is 10.8. The number of Topliss-reactive ketones (excluding diaryl/α,β-unsaturated/α-hetero) is 2. The van der Waals surface area contributed by atoms with Crippen LogP contribution in [0.2, 0.25) is 0 Å². The van der Waals surface area contributed by atoms with Crippen LogP contribution in [0.1, 0.15) is 69.8 Å². The van der Waals surface area contributed by atoms with Gasteiger partial charge in [-0.3, -0.25) is 14.4 Å². The lowest BCUT2D eigenvalue weighted by molar-refractivity contribution is -0.121. The van der Waals surface area contributed by atoms with Crippen molar-refractivity contribution in [2.24, 2.45) is 5.92 Å². The van der Waals surface area contributed by atoms with E-state index < -0.39 is 23.4 Å². The van der Waals surface area contributed by atoms with Crippen molar-refractivity contribution in [2.45, 2.75) is 57.0 Å². The summed E-state index contributed by atoms with van der Waals surface area (Å²) in [6, 6.07) is 25.8. The smallest absolute Gasteiger partial charge is 0.238 e. The van der Waals surface area contributed by atoms with Crippen molar-refractivity contribution in [3.63, 3.8) is 0 Å². The molecule has 1 amide bonds. The summed E-state index contributed by atoms with van der Waals surface area (Å²) in [5.74, 6) is -1.49. The molecule has 0 bridgehead atoms. The van der Waals surface area contributed by atoms with Crippen molar-refractivity contribution in [3.8, 4) is 0 Å². The molecule has 1 aromatic heterocycles. The predicted octanol–water partition coefficient (Wildman–Crippen LogP) is 7.73. The molecule has 1 N–H and O–H groups in total. The Labute approximate surface area is 256 Å². The number of anilines is 2. The number of ketones is 2. The summed E-state index contributed by atoms with van der Waals surface area (Å²) in [4.78, 5) is 46.8. The average Bonchev–Trinajstić information content (AvgIpc) is 3.74. The first-order chi connectivity index (χ1) is 21.0. The van der Waals surface area contributed by atoms with E-state index in [1.54, 1.807) is 0 Å². The van der Waals surface area contributed by atoms with Crippen molar-refractivity contribution in [1.29, 1.82) is 0 Å². The van der Waals surface area contributed by atoms with E-state index in [1.165, 1.54) is 16.9 Å². The average molecular weight is 587 g/mol. The van der Waals surface area contributed by atoms with Gasteiger partial charge in [-0.05, 0) is 60.0 Å². The maximum Gasteiger partial charge on any atom is 0.238 e. The molecule has 0 radical (unpaired) electrons. The lowest BCUT2D eigenvalue weighted by atomic mass is 9.64. The van der Waals surface area contributed by atoms with E-state index in [0.29, 0.717) is 16.1 Å². The van der Waals surface area contributed by atoms with E-state index in [9.17, 15) is 14.4 Å². The van der Waals surface area contributed by atoms with Gasteiger partial charge in [-0.25, -0.2) is 0 Å². The van der Waals surface area contributed by atoms with E-state index in [0.717, 1.165) is 48.1 Å². The molecule has 43 heavy (non-hydrogen) atoms. The minimum absolute atomic E-state index is 0.133. The summed E-state index contributed by atoms with van der Waals surface area (Å²) in [6.07, 6.45) is 6.48. The Morgan fingerprint density at radius 1 is 0.907 bits per heavy atom.